The molecule has 0 spiro atoms. The summed E-state index contributed by atoms with van der Waals surface area (Å²) in [5, 5.41) is 0. The van der Waals surface area contributed by atoms with E-state index in [0.29, 0.717) is 5.92 Å². The lowest BCUT2D eigenvalue weighted by molar-refractivity contribution is 0.768. The molecule has 0 aromatic rings. The molecule has 2 aliphatic carbocycles. The van der Waals surface area contributed by atoms with E-state index >= 15 is 0 Å². The summed E-state index contributed by atoms with van der Waals surface area (Å²) in [4.78, 5) is 1.18. The summed E-state index contributed by atoms with van der Waals surface area (Å²) in [6.07, 6.45) is 13.9. The smallest absolute Gasteiger partial charge is 0.0181 e. The molecule has 0 N–H and O–H groups in total. The fourth-order valence-electron chi connectivity index (χ4n) is 1.48. The van der Waals surface area contributed by atoms with E-state index in [9.17, 15) is 0 Å². The van der Waals surface area contributed by atoms with E-state index in [1.54, 1.807) is 0 Å². The monoisotopic (exact) mass is 162 g/mol. The van der Waals surface area contributed by atoms with Gasteiger partial charge in [0.15, 0.2) is 0 Å². The first-order chi connectivity index (χ1) is 5.38. The van der Waals surface area contributed by atoms with Crippen molar-refractivity contribution in [1.29, 1.82) is 0 Å². The first-order valence-electron chi connectivity index (χ1n) is 3.82. The molecule has 1 heteroatoms. The second kappa shape index (κ2) is 2.74. The fourth-order valence-corrected chi connectivity index (χ4v) is 1.82. The van der Waals surface area contributed by atoms with Crippen LogP contribution in [-0.4, -0.2) is 0 Å². The summed E-state index contributed by atoms with van der Waals surface area (Å²) >= 11 is 4.42. The molecule has 0 bridgehead atoms. The van der Waals surface area contributed by atoms with E-state index in [1.807, 2.05) is 0 Å². The van der Waals surface area contributed by atoms with Crippen LogP contribution in [0, 0.1) is 5.92 Å². The van der Waals surface area contributed by atoms with E-state index in [1.165, 1.54) is 10.5 Å². The van der Waals surface area contributed by atoms with Gasteiger partial charge in [0.1, 0.15) is 0 Å². The van der Waals surface area contributed by atoms with Gasteiger partial charge in [-0.15, -0.1) is 12.6 Å². The molecule has 2 aliphatic rings. The second-order valence-corrected chi connectivity index (χ2v) is 3.35. The zero-order valence-corrected chi connectivity index (χ0v) is 7.09. The van der Waals surface area contributed by atoms with Gasteiger partial charge in [0.05, 0.1) is 0 Å². The van der Waals surface area contributed by atoms with Crippen molar-refractivity contribution in [3.05, 3.63) is 46.9 Å². The van der Waals surface area contributed by atoms with E-state index in [4.69, 9.17) is 0 Å². The summed E-state index contributed by atoms with van der Waals surface area (Å²) < 4.78 is 0. The van der Waals surface area contributed by atoms with Gasteiger partial charge in [0.25, 0.3) is 0 Å². The van der Waals surface area contributed by atoms with Gasteiger partial charge in [-0.05, 0) is 16.9 Å². The van der Waals surface area contributed by atoms with Crippen molar-refractivity contribution in [2.45, 2.75) is 6.42 Å². The molecule has 0 amide bonds. The van der Waals surface area contributed by atoms with Crippen LogP contribution in [0.1, 0.15) is 6.42 Å². The third-order valence-electron chi connectivity index (χ3n) is 2.11. The molecule has 0 radical (unpaired) electrons. The fraction of sp³-hybridized carbons (Fsp3) is 0.200. The maximum Gasteiger partial charge on any atom is 0.0181 e. The average Bonchev–Trinajstić information content (AvgIpc) is 2.06. The molecule has 0 aromatic carbocycles. The lowest BCUT2D eigenvalue weighted by atomic mass is 9.88. The number of thiol groups is 1. The number of hydrogen-bond donors (Lipinski definition) is 1. The Labute approximate surface area is 72.4 Å². The highest BCUT2D eigenvalue weighted by Gasteiger charge is 2.16. The van der Waals surface area contributed by atoms with Gasteiger partial charge in [-0.2, -0.15) is 0 Å². The molecule has 0 fully saturated rings. The maximum absolute atomic E-state index is 4.42. The van der Waals surface area contributed by atoms with Gasteiger partial charge < -0.3 is 0 Å². The maximum atomic E-state index is 4.42. The van der Waals surface area contributed by atoms with E-state index in [-0.39, 0.29) is 0 Å². The van der Waals surface area contributed by atoms with Crippen LogP contribution in [0.2, 0.25) is 0 Å². The third-order valence-corrected chi connectivity index (χ3v) is 2.57. The number of allylic oxidation sites excluding steroid dienone is 8. The minimum atomic E-state index is 0.535. The Hall–Kier alpha value is -0.690. The number of fused-ring (bicyclic) bond motifs is 1. The van der Waals surface area contributed by atoms with Gasteiger partial charge in [0, 0.05) is 5.92 Å². The molecule has 1 atom stereocenters. The molecule has 0 aromatic heterocycles. The van der Waals surface area contributed by atoms with Crippen LogP contribution in [0.15, 0.2) is 46.9 Å². The second-order valence-electron chi connectivity index (χ2n) is 2.83. The lowest BCUT2D eigenvalue weighted by Crippen LogP contribution is -2.06. The molecule has 1 unspecified atom stereocenters. The van der Waals surface area contributed by atoms with Gasteiger partial charge in [-0.25, -0.2) is 0 Å². The van der Waals surface area contributed by atoms with Crippen LogP contribution < -0.4 is 0 Å². The molecule has 0 saturated heterocycles. The van der Waals surface area contributed by atoms with E-state index in [2.05, 4.69) is 49.1 Å². The first-order valence-corrected chi connectivity index (χ1v) is 4.26. The van der Waals surface area contributed by atoms with Gasteiger partial charge in [-0.1, -0.05) is 36.5 Å². The molecule has 0 saturated carbocycles. The van der Waals surface area contributed by atoms with Crippen molar-refractivity contribution in [1.82, 2.24) is 0 Å². The molecule has 11 heavy (non-hydrogen) atoms. The molecule has 0 nitrogen and oxygen atoms in total. The topological polar surface area (TPSA) is 0 Å². The lowest BCUT2D eigenvalue weighted by Gasteiger charge is -2.21. The molecule has 2 rings (SSSR count). The van der Waals surface area contributed by atoms with Crippen molar-refractivity contribution >= 4 is 12.6 Å². The van der Waals surface area contributed by atoms with Crippen LogP contribution in [0.3, 0.4) is 0 Å². The highest BCUT2D eigenvalue weighted by Crippen LogP contribution is 2.33. The van der Waals surface area contributed by atoms with Crippen LogP contribution in [0.4, 0.5) is 0 Å². The number of hydrogen-bond acceptors (Lipinski definition) is 1. The van der Waals surface area contributed by atoms with Gasteiger partial charge >= 0.3 is 0 Å². The van der Waals surface area contributed by atoms with Crippen molar-refractivity contribution in [2.75, 3.05) is 0 Å². The Bertz CT molecular complexity index is 279. The Morgan fingerprint density at radius 2 is 2.18 bits per heavy atom. The normalized spacial score (nSPS) is 27.5. The van der Waals surface area contributed by atoms with Gasteiger partial charge in [-0.3, -0.25) is 0 Å². The predicted molar refractivity (Wildman–Crippen MR) is 51.5 cm³/mol. The van der Waals surface area contributed by atoms with Gasteiger partial charge in [0.2, 0.25) is 0 Å². The minimum absolute atomic E-state index is 0.535. The molecule has 0 heterocycles. The Kier molecular flexibility index (Phi) is 1.74. The summed E-state index contributed by atoms with van der Waals surface area (Å²) in [6.45, 7) is 0. The highest BCUT2D eigenvalue weighted by atomic mass is 32.1. The van der Waals surface area contributed by atoms with Crippen LogP contribution >= 0.6 is 12.6 Å². The number of rotatable bonds is 0. The Morgan fingerprint density at radius 3 is 3.00 bits per heavy atom. The molecule has 56 valence electrons. The third kappa shape index (κ3) is 1.21. The molecule has 0 aliphatic heterocycles. The van der Waals surface area contributed by atoms with Crippen molar-refractivity contribution < 1.29 is 0 Å². The standard InChI is InChI=1S/C10H10S/c11-10-7-3-5-8-4-1-2-6-9(8)10/h1-5,7,9,11H,6H2. The summed E-state index contributed by atoms with van der Waals surface area (Å²) in [6, 6.07) is 0. The van der Waals surface area contributed by atoms with Crippen molar-refractivity contribution in [2.24, 2.45) is 5.92 Å². The summed E-state index contributed by atoms with van der Waals surface area (Å²) in [5.41, 5.74) is 1.39. The predicted octanol–water partition coefficient (Wildman–Crippen LogP) is 2.87. The first kappa shape index (κ1) is 6.99. The van der Waals surface area contributed by atoms with E-state index in [0.717, 1.165) is 6.42 Å². The minimum Gasteiger partial charge on any atom is -0.147 e. The highest BCUT2D eigenvalue weighted by molar-refractivity contribution is 7.84. The van der Waals surface area contributed by atoms with Crippen LogP contribution in [0.25, 0.3) is 0 Å². The molecular weight excluding hydrogens is 152 g/mol. The summed E-state index contributed by atoms with van der Waals surface area (Å²) in [5.74, 6) is 0.535. The van der Waals surface area contributed by atoms with Crippen molar-refractivity contribution in [3.63, 3.8) is 0 Å². The zero-order valence-electron chi connectivity index (χ0n) is 6.20. The Balaban J connectivity index is 2.37. The molecular formula is C10H10S. The SMILES string of the molecule is SC1=CC=CC2=CC=CCC12. The van der Waals surface area contributed by atoms with Crippen molar-refractivity contribution in [3.8, 4) is 0 Å². The van der Waals surface area contributed by atoms with Crippen LogP contribution in [0.5, 0.6) is 0 Å². The van der Waals surface area contributed by atoms with Crippen LogP contribution in [-0.2, 0) is 0 Å². The average molecular weight is 162 g/mol. The quantitative estimate of drug-likeness (QED) is 0.520. The largest absolute Gasteiger partial charge is 0.147 e. The Morgan fingerprint density at radius 1 is 1.27 bits per heavy atom. The summed E-state index contributed by atoms with van der Waals surface area (Å²) in [7, 11) is 0. The van der Waals surface area contributed by atoms with E-state index < -0.39 is 0 Å². The zero-order chi connectivity index (χ0) is 7.68.